The van der Waals surface area contributed by atoms with E-state index in [-0.39, 0.29) is 18.8 Å². The average Bonchev–Trinajstić information content (AvgIpc) is 3.21. The highest BCUT2D eigenvalue weighted by atomic mass is 16.6. The lowest BCUT2D eigenvalue weighted by molar-refractivity contribution is 0.0217. The number of carbonyl (C=O) groups excluding carboxylic acids is 1. The average molecular weight is 511 g/mol. The standard InChI is InChI=1S/C27H38N6O4/c1-27(2,3)37-26(35)31(19-20-36-24-9-7-6-8-10-24)17-18-33-25(34)32(21-29-33)23-13-11-22(12-14-23)28-15-16-30(4)5/h6-14,21,28H,15-20H2,1-5H3. The second-order valence-electron chi connectivity index (χ2n) is 9.91. The van der Waals surface area contributed by atoms with Crippen molar-refractivity contribution in [3.8, 4) is 11.4 Å². The Morgan fingerprint density at radius 2 is 1.70 bits per heavy atom. The molecule has 3 rings (SSSR count). The second kappa shape index (κ2) is 13.0. The summed E-state index contributed by atoms with van der Waals surface area (Å²) in [6.07, 6.45) is 1.03. The fourth-order valence-electron chi connectivity index (χ4n) is 3.46. The van der Waals surface area contributed by atoms with Crippen molar-refractivity contribution in [2.75, 3.05) is 52.2 Å². The lowest BCUT2D eigenvalue weighted by Crippen LogP contribution is -2.41. The molecule has 2 aromatic carbocycles. The minimum atomic E-state index is -0.637. The minimum Gasteiger partial charge on any atom is -0.492 e. The van der Waals surface area contributed by atoms with Gasteiger partial charge in [-0.2, -0.15) is 5.10 Å². The summed E-state index contributed by atoms with van der Waals surface area (Å²) in [7, 11) is 4.06. The Kier molecular flexibility index (Phi) is 9.73. The maximum absolute atomic E-state index is 13.0. The third-order valence-corrected chi connectivity index (χ3v) is 5.37. The predicted octanol–water partition coefficient (Wildman–Crippen LogP) is 3.32. The topological polar surface area (TPSA) is 93.9 Å². The monoisotopic (exact) mass is 510 g/mol. The van der Waals surface area contributed by atoms with Crippen LogP contribution in [0.25, 0.3) is 5.69 Å². The van der Waals surface area contributed by atoms with Crippen molar-refractivity contribution in [1.29, 1.82) is 0 Å². The molecule has 0 atom stereocenters. The molecule has 0 radical (unpaired) electrons. The Morgan fingerprint density at radius 3 is 2.35 bits per heavy atom. The smallest absolute Gasteiger partial charge is 0.410 e. The molecule has 0 unspecified atom stereocenters. The van der Waals surface area contributed by atoms with Crippen LogP contribution < -0.4 is 15.7 Å². The molecule has 0 bridgehead atoms. The second-order valence-corrected chi connectivity index (χ2v) is 9.91. The Labute approximate surface area is 218 Å². The molecule has 3 aromatic rings. The van der Waals surface area contributed by atoms with Gasteiger partial charge in [-0.15, -0.1) is 0 Å². The van der Waals surface area contributed by atoms with Crippen LogP contribution in [0.1, 0.15) is 20.8 Å². The number of anilines is 1. The van der Waals surface area contributed by atoms with E-state index in [1.807, 2.05) is 89.5 Å². The van der Waals surface area contributed by atoms with E-state index in [1.165, 1.54) is 20.5 Å². The van der Waals surface area contributed by atoms with E-state index in [4.69, 9.17) is 9.47 Å². The maximum atomic E-state index is 13.0. The van der Waals surface area contributed by atoms with Gasteiger partial charge in [0.05, 0.1) is 18.8 Å². The SMILES string of the molecule is CN(C)CCNc1ccc(-n2cnn(CCN(CCOc3ccccc3)C(=O)OC(C)(C)C)c2=O)cc1. The number of ether oxygens (including phenoxy) is 2. The first-order valence-corrected chi connectivity index (χ1v) is 12.4. The highest BCUT2D eigenvalue weighted by Gasteiger charge is 2.22. The third-order valence-electron chi connectivity index (χ3n) is 5.37. The van der Waals surface area contributed by atoms with Crippen molar-refractivity contribution in [3.05, 3.63) is 71.4 Å². The summed E-state index contributed by atoms with van der Waals surface area (Å²) in [4.78, 5) is 29.4. The van der Waals surface area contributed by atoms with E-state index in [2.05, 4.69) is 15.3 Å². The number of hydrogen-bond acceptors (Lipinski definition) is 7. The van der Waals surface area contributed by atoms with Crippen LogP contribution in [0.3, 0.4) is 0 Å². The lowest BCUT2D eigenvalue weighted by atomic mass is 10.2. The first-order chi connectivity index (χ1) is 17.6. The molecule has 1 amide bonds. The van der Waals surface area contributed by atoms with E-state index in [0.717, 1.165) is 30.2 Å². The quantitative estimate of drug-likeness (QED) is 0.399. The number of aromatic nitrogens is 3. The predicted molar refractivity (Wildman–Crippen MR) is 145 cm³/mol. The van der Waals surface area contributed by atoms with Gasteiger partial charge < -0.3 is 24.6 Å². The fraction of sp³-hybridized carbons (Fsp3) is 0.444. The molecule has 10 nitrogen and oxygen atoms in total. The van der Waals surface area contributed by atoms with E-state index < -0.39 is 11.7 Å². The van der Waals surface area contributed by atoms with Crippen LogP contribution in [0.4, 0.5) is 10.5 Å². The molecule has 0 aliphatic rings. The summed E-state index contributed by atoms with van der Waals surface area (Å²) in [5.74, 6) is 0.723. The van der Waals surface area contributed by atoms with Crippen LogP contribution in [0.15, 0.2) is 65.7 Å². The van der Waals surface area contributed by atoms with Crippen molar-refractivity contribution < 1.29 is 14.3 Å². The molecule has 1 aromatic heterocycles. The van der Waals surface area contributed by atoms with Crippen LogP contribution in [-0.2, 0) is 11.3 Å². The Morgan fingerprint density at radius 1 is 1.00 bits per heavy atom. The number of likely N-dealkylation sites (N-methyl/N-ethyl adjacent to an activating group) is 1. The lowest BCUT2D eigenvalue weighted by Gasteiger charge is -2.27. The molecule has 0 fully saturated rings. The van der Waals surface area contributed by atoms with E-state index >= 15 is 0 Å². The van der Waals surface area contributed by atoms with Gasteiger partial charge in [-0.1, -0.05) is 18.2 Å². The Balaban J connectivity index is 1.62. The number of para-hydroxylation sites is 1. The van der Waals surface area contributed by atoms with Gasteiger partial charge in [0.1, 0.15) is 24.3 Å². The molecule has 0 aliphatic heterocycles. The van der Waals surface area contributed by atoms with E-state index in [0.29, 0.717) is 13.2 Å². The molecule has 10 heteroatoms. The normalized spacial score (nSPS) is 11.4. The van der Waals surface area contributed by atoms with Crippen LogP contribution in [-0.4, -0.2) is 82.7 Å². The van der Waals surface area contributed by atoms with Crippen LogP contribution in [0, 0.1) is 0 Å². The molecule has 1 N–H and O–H groups in total. The van der Waals surface area contributed by atoms with Crippen molar-refractivity contribution in [2.24, 2.45) is 0 Å². The number of nitrogens with one attached hydrogen (secondary N) is 1. The van der Waals surface area contributed by atoms with Crippen molar-refractivity contribution in [1.82, 2.24) is 24.1 Å². The maximum Gasteiger partial charge on any atom is 0.410 e. The first-order valence-electron chi connectivity index (χ1n) is 12.4. The van der Waals surface area contributed by atoms with Crippen LogP contribution in [0.2, 0.25) is 0 Å². The zero-order chi connectivity index (χ0) is 26.8. The number of rotatable bonds is 12. The van der Waals surface area contributed by atoms with Gasteiger partial charge in [0.2, 0.25) is 0 Å². The first kappa shape index (κ1) is 27.8. The fourth-order valence-corrected chi connectivity index (χ4v) is 3.46. The van der Waals surface area contributed by atoms with Crippen molar-refractivity contribution in [2.45, 2.75) is 32.9 Å². The summed E-state index contributed by atoms with van der Waals surface area (Å²) in [6, 6.07) is 17.0. The third kappa shape index (κ3) is 8.98. The van der Waals surface area contributed by atoms with Crippen molar-refractivity contribution in [3.63, 3.8) is 0 Å². The van der Waals surface area contributed by atoms with Gasteiger partial charge in [0, 0.05) is 25.3 Å². The molecule has 0 saturated heterocycles. The van der Waals surface area contributed by atoms with Gasteiger partial charge in [-0.25, -0.2) is 18.8 Å². The van der Waals surface area contributed by atoms with Gasteiger partial charge >= 0.3 is 11.8 Å². The Bertz CT molecular complexity index is 1170. The number of benzene rings is 2. The zero-order valence-electron chi connectivity index (χ0n) is 22.4. The number of amides is 1. The van der Waals surface area contributed by atoms with Crippen LogP contribution >= 0.6 is 0 Å². The largest absolute Gasteiger partial charge is 0.492 e. The van der Waals surface area contributed by atoms with Gasteiger partial charge in [-0.05, 0) is 71.3 Å². The number of hydrogen-bond donors (Lipinski definition) is 1. The van der Waals surface area contributed by atoms with Gasteiger partial charge in [-0.3, -0.25) is 0 Å². The molecular weight excluding hydrogens is 472 g/mol. The molecule has 200 valence electrons. The molecular formula is C27H38N6O4. The zero-order valence-corrected chi connectivity index (χ0v) is 22.4. The Hall–Kier alpha value is -3.79. The summed E-state index contributed by atoms with van der Waals surface area (Å²) >= 11 is 0. The van der Waals surface area contributed by atoms with E-state index in [9.17, 15) is 9.59 Å². The highest BCUT2D eigenvalue weighted by Crippen LogP contribution is 2.13. The molecule has 0 saturated carbocycles. The van der Waals surface area contributed by atoms with Gasteiger partial charge in [0.25, 0.3) is 0 Å². The summed E-state index contributed by atoms with van der Waals surface area (Å²) in [5.41, 5.74) is 0.783. The highest BCUT2D eigenvalue weighted by molar-refractivity contribution is 5.68. The molecule has 37 heavy (non-hydrogen) atoms. The number of nitrogens with zero attached hydrogens (tertiary/aromatic N) is 5. The number of carbonyl (C=O) groups is 1. The summed E-state index contributed by atoms with van der Waals surface area (Å²) in [5, 5.41) is 7.60. The summed E-state index contributed by atoms with van der Waals surface area (Å²) < 4.78 is 14.1. The molecule has 0 aliphatic carbocycles. The molecule has 0 spiro atoms. The minimum absolute atomic E-state index is 0.223. The van der Waals surface area contributed by atoms with E-state index in [1.54, 1.807) is 0 Å². The van der Waals surface area contributed by atoms with Crippen LogP contribution in [0.5, 0.6) is 5.75 Å². The molecule has 1 heterocycles. The summed E-state index contributed by atoms with van der Waals surface area (Å²) in [6.45, 7) is 8.28. The van der Waals surface area contributed by atoms with Crippen molar-refractivity contribution >= 4 is 11.8 Å². The van der Waals surface area contributed by atoms with Gasteiger partial charge in [0.15, 0.2) is 0 Å².